The predicted molar refractivity (Wildman–Crippen MR) is 142 cm³/mol. The van der Waals surface area contributed by atoms with Gasteiger partial charge in [-0.1, -0.05) is 35.9 Å². The number of hydrogen-bond acceptors (Lipinski definition) is 7. The summed E-state index contributed by atoms with van der Waals surface area (Å²) < 4.78 is 16.2. The van der Waals surface area contributed by atoms with Gasteiger partial charge in [0.05, 0.1) is 30.4 Å². The van der Waals surface area contributed by atoms with Crippen molar-refractivity contribution in [2.75, 3.05) is 21.3 Å². The molecule has 0 spiro atoms. The van der Waals surface area contributed by atoms with E-state index in [4.69, 9.17) is 25.8 Å². The van der Waals surface area contributed by atoms with Crippen LogP contribution in [-0.2, 0) is 16.1 Å². The molecule has 0 saturated carbocycles. The zero-order chi connectivity index (χ0) is 25.7. The van der Waals surface area contributed by atoms with E-state index in [-0.39, 0.29) is 5.91 Å². The molecule has 7 nitrogen and oxygen atoms in total. The molecule has 1 saturated heterocycles. The van der Waals surface area contributed by atoms with Crippen LogP contribution >= 0.6 is 23.4 Å². The minimum absolute atomic E-state index is 0.176. The van der Waals surface area contributed by atoms with E-state index in [0.717, 1.165) is 11.1 Å². The Balaban J connectivity index is 1.52. The molecule has 4 rings (SSSR count). The third-order valence-electron chi connectivity index (χ3n) is 5.29. The highest BCUT2D eigenvalue weighted by atomic mass is 35.5. The van der Waals surface area contributed by atoms with Gasteiger partial charge in [-0.2, -0.15) is 0 Å². The Labute approximate surface area is 218 Å². The summed E-state index contributed by atoms with van der Waals surface area (Å²) in [6, 6.07) is 19.6. The van der Waals surface area contributed by atoms with Crippen LogP contribution in [0.25, 0.3) is 6.08 Å². The Morgan fingerprint density at radius 3 is 2.56 bits per heavy atom. The van der Waals surface area contributed by atoms with Crippen molar-refractivity contribution in [1.82, 2.24) is 4.90 Å². The van der Waals surface area contributed by atoms with Crippen molar-refractivity contribution in [2.45, 2.75) is 6.61 Å². The lowest BCUT2D eigenvalue weighted by molar-refractivity contribution is -0.121. The van der Waals surface area contributed by atoms with Crippen LogP contribution in [0.15, 0.2) is 76.6 Å². The molecule has 1 amide bonds. The first-order chi connectivity index (χ1) is 17.4. The molecule has 0 atom stereocenters. The molecule has 0 unspecified atom stereocenters. The van der Waals surface area contributed by atoms with Gasteiger partial charge in [-0.15, -0.1) is 0 Å². The number of rotatable bonds is 7. The number of likely N-dealkylation sites (N-methyl/N-ethyl adjacent to an activating group) is 1. The molecule has 1 heterocycles. The van der Waals surface area contributed by atoms with Crippen molar-refractivity contribution >= 4 is 52.2 Å². The first-order valence-corrected chi connectivity index (χ1v) is 12.1. The van der Waals surface area contributed by atoms with Crippen molar-refractivity contribution in [2.24, 2.45) is 4.99 Å². The van der Waals surface area contributed by atoms with Gasteiger partial charge in [0.15, 0.2) is 16.7 Å². The fourth-order valence-corrected chi connectivity index (χ4v) is 4.48. The van der Waals surface area contributed by atoms with E-state index in [1.54, 1.807) is 44.5 Å². The van der Waals surface area contributed by atoms with Gasteiger partial charge in [0.25, 0.3) is 5.91 Å². The standard InChI is InChI=1S/C27H23ClN2O5S/c1-30-25(31)24(36-27(30)29-21-6-4-5-19(15-21)26(32)34-3)14-18-9-12-22(23(13-18)33-2)35-16-17-7-10-20(28)11-8-17/h4-15H,16H2,1-3H3. The fourth-order valence-electron chi connectivity index (χ4n) is 3.37. The lowest BCUT2D eigenvalue weighted by atomic mass is 10.2. The number of ether oxygens (including phenoxy) is 3. The van der Waals surface area contributed by atoms with Crippen LogP contribution < -0.4 is 9.47 Å². The number of amides is 1. The number of amidine groups is 1. The maximum Gasteiger partial charge on any atom is 0.337 e. The van der Waals surface area contributed by atoms with Gasteiger partial charge in [-0.3, -0.25) is 9.69 Å². The number of hydrogen-bond donors (Lipinski definition) is 0. The third-order valence-corrected chi connectivity index (χ3v) is 6.60. The van der Waals surface area contributed by atoms with Crippen LogP contribution in [0.3, 0.4) is 0 Å². The first-order valence-electron chi connectivity index (χ1n) is 10.9. The molecule has 0 N–H and O–H groups in total. The molecule has 0 aliphatic carbocycles. The zero-order valence-electron chi connectivity index (χ0n) is 19.9. The quantitative estimate of drug-likeness (QED) is 0.282. The topological polar surface area (TPSA) is 77.4 Å². The van der Waals surface area contributed by atoms with Crippen molar-refractivity contribution in [3.8, 4) is 11.5 Å². The predicted octanol–water partition coefficient (Wildman–Crippen LogP) is 5.95. The third kappa shape index (κ3) is 5.90. The molecule has 3 aromatic carbocycles. The number of carbonyl (C=O) groups is 2. The van der Waals surface area contributed by atoms with Crippen LogP contribution in [0.2, 0.25) is 5.02 Å². The van der Waals surface area contributed by atoms with E-state index in [9.17, 15) is 9.59 Å². The number of halogens is 1. The van der Waals surface area contributed by atoms with Crippen LogP contribution in [0.4, 0.5) is 5.69 Å². The Bertz CT molecular complexity index is 1350. The highest BCUT2D eigenvalue weighted by Gasteiger charge is 2.30. The lowest BCUT2D eigenvalue weighted by Gasteiger charge is -2.11. The number of methoxy groups -OCH3 is 2. The minimum atomic E-state index is -0.448. The molecule has 1 aliphatic heterocycles. The number of nitrogens with zero attached hydrogens (tertiary/aromatic N) is 2. The number of aliphatic imine (C=N–C) groups is 1. The molecule has 3 aromatic rings. The summed E-state index contributed by atoms with van der Waals surface area (Å²) >= 11 is 7.19. The van der Waals surface area contributed by atoms with Crippen LogP contribution in [-0.4, -0.2) is 43.2 Å². The summed E-state index contributed by atoms with van der Waals surface area (Å²) in [4.78, 5) is 31.2. The smallest absolute Gasteiger partial charge is 0.337 e. The van der Waals surface area contributed by atoms with E-state index in [1.807, 2.05) is 42.5 Å². The largest absolute Gasteiger partial charge is 0.493 e. The highest BCUT2D eigenvalue weighted by molar-refractivity contribution is 8.18. The van der Waals surface area contributed by atoms with E-state index < -0.39 is 5.97 Å². The Morgan fingerprint density at radius 1 is 1.06 bits per heavy atom. The van der Waals surface area contributed by atoms with Crippen LogP contribution in [0.5, 0.6) is 11.5 Å². The van der Waals surface area contributed by atoms with Gasteiger partial charge in [0.2, 0.25) is 0 Å². The normalized spacial score (nSPS) is 15.4. The molecule has 9 heteroatoms. The maximum absolute atomic E-state index is 12.9. The van der Waals surface area contributed by atoms with E-state index in [0.29, 0.717) is 44.5 Å². The van der Waals surface area contributed by atoms with Crippen molar-refractivity contribution in [1.29, 1.82) is 0 Å². The summed E-state index contributed by atoms with van der Waals surface area (Å²) in [6.07, 6.45) is 1.78. The zero-order valence-corrected chi connectivity index (χ0v) is 21.4. The van der Waals surface area contributed by atoms with Crippen LogP contribution in [0.1, 0.15) is 21.5 Å². The molecule has 1 fully saturated rings. The molecular formula is C27H23ClN2O5S. The second-order valence-corrected chi connectivity index (χ2v) is 9.18. The monoisotopic (exact) mass is 522 g/mol. The summed E-state index contributed by atoms with van der Waals surface area (Å²) in [5, 5.41) is 1.17. The number of esters is 1. The second kappa shape index (κ2) is 11.3. The summed E-state index contributed by atoms with van der Waals surface area (Å²) in [6.45, 7) is 0.365. The summed E-state index contributed by atoms with van der Waals surface area (Å²) in [5.41, 5.74) is 2.69. The SMILES string of the molecule is COC(=O)c1cccc(N=C2SC(=Cc3ccc(OCc4ccc(Cl)cc4)c(OC)c3)C(=O)N2C)c1. The highest BCUT2D eigenvalue weighted by Crippen LogP contribution is 2.35. The number of carbonyl (C=O) groups excluding carboxylic acids is 2. The number of benzene rings is 3. The van der Waals surface area contributed by atoms with Gasteiger partial charge in [-0.25, -0.2) is 9.79 Å². The van der Waals surface area contributed by atoms with E-state index in [1.165, 1.54) is 23.8 Å². The Kier molecular flexibility index (Phi) is 7.97. The van der Waals surface area contributed by atoms with Gasteiger partial charge in [-0.05, 0) is 71.4 Å². The van der Waals surface area contributed by atoms with Gasteiger partial charge in [0.1, 0.15) is 6.61 Å². The van der Waals surface area contributed by atoms with E-state index in [2.05, 4.69) is 4.99 Å². The number of thioether (sulfide) groups is 1. The molecule has 0 aromatic heterocycles. The van der Waals surface area contributed by atoms with Crippen molar-refractivity contribution in [3.05, 3.63) is 93.3 Å². The second-order valence-electron chi connectivity index (χ2n) is 7.74. The molecule has 184 valence electrons. The van der Waals surface area contributed by atoms with Gasteiger partial charge >= 0.3 is 5.97 Å². The maximum atomic E-state index is 12.9. The van der Waals surface area contributed by atoms with Crippen molar-refractivity contribution < 1.29 is 23.8 Å². The van der Waals surface area contributed by atoms with Crippen molar-refractivity contribution in [3.63, 3.8) is 0 Å². The summed E-state index contributed by atoms with van der Waals surface area (Å²) in [7, 11) is 4.55. The van der Waals surface area contributed by atoms with Gasteiger partial charge < -0.3 is 14.2 Å². The Hall–Kier alpha value is -3.75. The first kappa shape index (κ1) is 25.3. The molecule has 0 bridgehead atoms. The Morgan fingerprint density at radius 2 is 1.83 bits per heavy atom. The summed E-state index contributed by atoms with van der Waals surface area (Å²) in [5.74, 6) is 0.515. The van der Waals surface area contributed by atoms with E-state index >= 15 is 0 Å². The minimum Gasteiger partial charge on any atom is -0.493 e. The molecule has 1 aliphatic rings. The van der Waals surface area contributed by atoms with Gasteiger partial charge in [0, 0.05) is 12.1 Å². The average molecular weight is 523 g/mol. The van der Waals surface area contributed by atoms with Crippen LogP contribution in [0, 0.1) is 0 Å². The average Bonchev–Trinajstić information content (AvgIpc) is 3.15. The molecular weight excluding hydrogens is 500 g/mol. The lowest BCUT2D eigenvalue weighted by Crippen LogP contribution is -2.23. The molecule has 36 heavy (non-hydrogen) atoms. The molecule has 0 radical (unpaired) electrons. The fraction of sp³-hybridized carbons (Fsp3) is 0.148.